The largest absolute Gasteiger partial charge is 0.350 e. The number of carbonyl (C=O) groups is 2. The Morgan fingerprint density at radius 3 is 2.29 bits per heavy atom. The summed E-state index contributed by atoms with van der Waals surface area (Å²) < 4.78 is 12.8. The smallest absolute Gasteiger partial charge is 0.243 e. The molecule has 0 radical (unpaired) electrons. The Labute approximate surface area is 128 Å². The van der Waals surface area contributed by atoms with Crippen molar-refractivity contribution in [2.24, 2.45) is 0 Å². The maximum absolute atomic E-state index is 12.8. The van der Waals surface area contributed by atoms with E-state index in [0.29, 0.717) is 5.75 Å². The lowest BCUT2D eigenvalue weighted by Gasteiger charge is -2.25. The third-order valence-corrected chi connectivity index (χ3v) is 3.53. The molecule has 1 aromatic carbocycles. The highest BCUT2D eigenvalue weighted by molar-refractivity contribution is 7.99. The van der Waals surface area contributed by atoms with Gasteiger partial charge in [-0.1, -0.05) is 0 Å². The van der Waals surface area contributed by atoms with Gasteiger partial charge in [-0.15, -0.1) is 11.8 Å². The van der Waals surface area contributed by atoms with Crippen LogP contribution >= 0.6 is 11.8 Å². The van der Waals surface area contributed by atoms with Crippen LogP contribution in [0.15, 0.2) is 29.2 Å². The number of halogens is 1. The molecule has 0 heterocycles. The Balaban J connectivity index is 2.67. The van der Waals surface area contributed by atoms with Gasteiger partial charge in [-0.2, -0.15) is 0 Å². The van der Waals surface area contributed by atoms with E-state index in [2.05, 4.69) is 10.6 Å². The molecule has 0 aliphatic rings. The molecule has 0 bridgehead atoms. The minimum absolute atomic E-state index is 0.229. The molecule has 6 heteroatoms. The summed E-state index contributed by atoms with van der Waals surface area (Å²) in [6, 6.07) is 5.39. The number of amides is 2. The fourth-order valence-corrected chi connectivity index (χ4v) is 2.52. The number of hydrogen-bond acceptors (Lipinski definition) is 3. The fourth-order valence-electron chi connectivity index (χ4n) is 1.60. The lowest BCUT2D eigenvalue weighted by Crippen LogP contribution is -2.52. The summed E-state index contributed by atoms with van der Waals surface area (Å²) in [7, 11) is 0. The summed E-state index contributed by atoms with van der Waals surface area (Å²) in [6.45, 7) is 7.01. The van der Waals surface area contributed by atoms with Crippen molar-refractivity contribution in [3.8, 4) is 0 Å². The standard InChI is InChI=1S/C15H21FN2O2S/c1-10(19)17-13(14(20)18-15(2,3)4)9-21-12-7-5-11(16)6-8-12/h5-8,13H,9H2,1-4H3,(H,17,19)(H,18,20). The van der Waals surface area contributed by atoms with Gasteiger partial charge in [0.1, 0.15) is 11.9 Å². The topological polar surface area (TPSA) is 58.2 Å². The summed E-state index contributed by atoms with van der Waals surface area (Å²) in [5.41, 5.74) is -0.367. The molecular weight excluding hydrogens is 291 g/mol. The Morgan fingerprint density at radius 1 is 1.24 bits per heavy atom. The predicted octanol–water partition coefficient (Wildman–Crippen LogP) is 2.34. The molecule has 0 spiro atoms. The van der Waals surface area contributed by atoms with Crippen LogP contribution < -0.4 is 10.6 Å². The van der Waals surface area contributed by atoms with Crippen molar-refractivity contribution >= 4 is 23.6 Å². The van der Waals surface area contributed by atoms with Gasteiger partial charge < -0.3 is 10.6 Å². The second-order valence-electron chi connectivity index (χ2n) is 5.76. The van der Waals surface area contributed by atoms with Crippen molar-refractivity contribution in [2.75, 3.05) is 5.75 Å². The molecular formula is C15H21FN2O2S. The van der Waals surface area contributed by atoms with Gasteiger partial charge in [0.05, 0.1) is 0 Å². The summed E-state index contributed by atoms with van der Waals surface area (Å²) in [4.78, 5) is 24.2. The molecule has 0 aliphatic heterocycles. The van der Waals surface area contributed by atoms with Crippen molar-refractivity contribution < 1.29 is 14.0 Å². The molecule has 0 fully saturated rings. The first-order valence-corrected chi connectivity index (χ1v) is 7.63. The van der Waals surface area contributed by atoms with E-state index < -0.39 is 6.04 Å². The summed E-state index contributed by atoms with van der Waals surface area (Å²) in [5.74, 6) is -0.410. The van der Waals surface area contributed by atoms with Crippen molar-refractivity contribution in [3.63, 3.8) is 0 Å². The zero-order valence-corrected chi connectivity index (χ0v) is 13.5. The van der Waals surface area contributed by atoms with Crippen LogP contribution in [-0.4, -0.2) is 29.1 Å². The van der Waals surface area contributed by atoms with Crippen LogP contribution in [0.25, 0.3) is 0 Å². The molecule has 1 unspecified atom stereocenters. The SMILES string of the molecule is CC(=O)NC(CSc1ccc(F)cc1)C(=O)NC(C)(C)C. The van der Waals surface area contributed by atoms with Crippen LogP contribution in [0.3, 0.4) is 0 Å². The van der Waals surface area contributed by atoms with Gasteiger partial charge in [0, 0.05) is 23.1 Å². The van der Waals surface area contributed by atoms with Gasteiger partial charge in [0.25, 0.3) is 0 Å². The molecule has 1 rings (SSSR count). The first kappa shape index (κ1) is 17.5. The molecule has 1 atom stereocenters. The van der Waals surface area contributed by atoms with E-state index in [1.54, 1.807) is 12.1 Å². The predicted molar refractivity (Wildman–Crippen MR) is 82.6 cm³/mol. The van der Waals surface area contributed by atoms with E-state index >= 15 is 0 Å². The number of carbonyl (C=O) groups excluding carboxylic acids is 2. The van der Waals surface area contributed by atoms with Gasteiger partial charge in [-0.25, -0.2) is 4.39 Å². The quantitative estimate of drug-likeness (QED) is 0.821. The maximum atomic E-state index is 12.8. The van der Waals surface area contributed by atoms with Crippen molar-refractivity contribution in [3.05, 3.63) is 30.1 Å². The zero-order valence-electron chi connectivity index (χ0n) is 12.7. The molecule has 21 heavy (non-hydrogen) atoms. The van der Waals surface area contributed by atoms with Crippen LogP contribution in [0, 0.1) is 5.82 Å². The maximum Gasteiger partial charge on any atom is 0.243 e. The Morgan fingerprint density at radius 2 is 1.81 bits per heavy atom. The zero-order chi connectivity index (χ0) is 16.0. The summed E-state index contributed by atoms with van der Waals surface area (Å²) in [6.07, 6.45) is 0. The van der Waals surface area contributed by atoms with E-state index in [-0.39, 0.29) is 23.2 Å². The lowest BCUT2D eigenvalue weighted by molar-refractivity contribution is -0.128. The average Bonchev–Trinajstić information content (AvgIpc) is 2.33. The van der Waals surface area contributed by atoms with Crippen LogP contribution in [0.4, 0.5) is 4.39 Å². The number of benzene rings is 1. The average molecular weight is 312 g/mol. The molecule has 116 valence electrons. The van der Waals surface area contributed by atoms with Gasteiger partial charge in [0.2, 0.25) is 11.8 Å². The second kappa shape index (κ2) is 7.45. The highest BCUT2D eigenvalue weighted by Crippen LogP contribution is 2.19. The van der Waals surface area contributed by atoms with Crippen LogP contribution in [0.2, 0.25) is 0 Å². The second-order valence-corrected chi connectivity index (χ2v) is 6.85. The first-order chi connectivity index (χ1) is 9.67. The monoisotopic (exact) mass is 312 g/mol. The molecule has 2 N–H and O–H groups in total. The molecule has 1 aromatic rings. The molecule has 0 aromatic heterocycles. The summed E-state index contributed by atoms with van der Waals surface area (Å²) in [5, 5.41) is 5.48. The number of nitrogens with one attached hydrogen (secondary N) is 2. The van der Waals surface area contributed by atoms with E-state index in [1.807, 2.05) is 20.8 Å². The third-order valence-electron chi connectivity index (χ3n) is 2.42. The van der Waals surface area contributed by atoms with Gasteiger partial charge in [-0.3, -0.25) is 9.59 Å². The van der Waals surface area contributed by atoms with Gasteiger partial charge in [-0.05, 0) is 45.0 Å². The van der Waals surface area contributed by atoms with Crippen LogP contribution in [0.5, 0.6) is 0 Å². The minimum atomic E-state index is -0.628. The first-order valence-electron chi connectivity index (χ1n) is 6.65. The number of rotatable bonds is 5. The van der Waals surface area contributed by atoms with Crippen molar-refractivity contribution in [2.45, 2.75) is 44.2 Å². The van der Waals surface area contributed by atoms with E-state index in [9.17, 15) is 14.0 Å². The molecule has 2 amide bonds. The molecule has 0 saturated carbocycles. The Kier molecular flexibility index (Phi) is 6.20. The number of hydrogen-bond donors (Lipinski definition) is 2. The minimum Gasteiger partial charge on any atom is -0.350 e. The van der Waals surface area contributed by atoms with E-state index in [1.165, 1.54) is 30.8 Å². The van der Waals surface area contributed by atoms with Crippen LogP contribution in [-0.2, 0) is 9.59 Å². The van der Waals surface area contributed by atoms with E-state index in [4.69, 9.17) is 0 Å². The highest BCUT2D eigenvalue weighted by atomic mass is 32.2. The van der Waals surface area contributed by atoms with E-state index in [0.717, 1.165) is 4.90 Å². The molecule has 4 nitrogen and oxygen atoms in total. The van der Waals surface area contributed by atoms with Crippen LogP contribution in [0.1, 0.15) is 27.7 Å². The Hall–Kier alpha value is -1.56. The highest BCUT2D eigenvalue weighted by Gasteiger charge is 2.23. The summed E-state index contributed by atoms with van der Waals surface area (Å²) >= 11 is 1.39. The third kappa shape index (κ3) is 7.13. The Bertz CT molecular complexity index is 497. The van der Waals surface area contributed by atoms with Crippen molar-refractivity contribution in [1.82, 2.24) is 10.6 Å². The molecule has 0 saturated heterocycles. The fraction of sp³-hybridized carbons (Fsp3) is 0.467. The normalized spacial score (nSPS) is 12.6. The van der Waals surface area contributed by atoms with Gasteiger partial charge in [0.15, 0.2) is 0 Å². The number of thioether (sulfide) groups is 1. The molecule has 0 aliphatic carbocycles. The van der Waals surface area contributed by atoms with Crippen molar-refractivity contribution in [1.29, 1.82) is 0 Å². The van der Waals surface area contributed by atoms with Gasteiger partial charge >= 0.3 is 0 Å². The lowest BCUT2D eigenvalue weighted by atomic mass is 10.1.